The molecule has 4 N–H and O–H groups in total. The lowest BCUT2D eigenvalue weighted by atomic mass is 9.87. The number of carboxylic acids is 1. The molecule has 1 fully saturated rings. The van der Waals surface area contributed by atoms with Gasteiger partial charge in [0.2, 0.25) is 16.0 Å². The number of aliphatic carboxylic acids is 1. The van der Waals surface area contributed by atoms with Gasteiger partial charge in [-0.3, -0.25) is 9.59 Å². The first-order valence-electron chi connectivity index (χ1n) is 13.6. The number of sulfonamides is 1. The van der Waals surface area contributed by atoms with E-state index in [4.69, 9.17) is 0 Å². The number of benzene rings is 2. The summed E-state index contributed by atoms with van der Waals surface area (Å²) in [6, 6.07) is 10.9. The zero-order valence-electron chi connectivity index (χ0n) is 23.7. The van der Waals surface area contributed by atoms with E-state index in [1.165, 1.54) is 12.1 Å². The van der Waals surface area contributed by atoms with Crippen LogP contribution in [0.1, 0.15) is 49.5 Å². The Kier molecular flexibility index (Phi) is 9.42. The van der Waals surface area contributed by atoms with Crippen LogP contribution < -0.4 is 20.3 Å². The fraction of sp³-hybridized carbons (Fsp3) is 0.379. The SMILES string of the molecule is CC(C)(C)c1ccccc1S(=O)(=O)N[C@@H](CNC(=O)c1cccc(N2CCC(Nc3ncccn3)CC2)c1F)C(=O)O. The lowest BCUT2D eigenvalue weighted by Crippen LogP contribution is -2.48. The number of nitrogens with zero attached hydrogens (tertiary/aromatic N) is 3. The van der Waals surface area contributed by atoms with Crippen LogP contribution in [0.25, 0.3) is 0 Å². The van der Waals surface area contributed by atoms with Gasteiger partial charge in [-0.05, 0) is 48.1 Å². The second-order valence-electron chi connectivity index (χ2n) is 11.1. The van der Waals surface area contributed by atoms with Crippen LogP contribution >= 0.6 is 0 Å². The summed E-state index contributed by atoms with van der Waals surface area (Å²) in [7, 11) is -4.26. The third kappa shape index (κ3) is 7.39. The summed E-state index contributed by atoms with van der Waals surface area (Å²) in [5.41, 5.74) is -0.0252. The molecule has 3 aromatic rings. The first-order valence-corrected chi connectivity index (χ1v) is 15.0. The summed E-state index contributed by atoms with van der Waals surface area (Å²) in [4.78, 5) is 35.0. The first kappa shape index (κ1) is 30.8. The minimum atomic E-state index is -4.26. The van der Waals surface area contributed by atoms with Gasteiger partial charge in [0.05, 0.1) is 16.1 Å². The van der Waals surface area contributed by atoms with Gasteiger partial charge < -0.3 is 20.6 Å². The summed E-state index contributed by atoms with van der Waals surface area (Å²) in [5.74, 6) is -2.55. The molecular weight excluding hydrogens is 563 g/mol. The number of hydrogen-bond acceptors (Lipinski definition) is 8. The van der Waals surface area contributed by atoms with E-state index in [-0.39, 0.29) is 22.2 Å². The highest BCUT2D eigenvalue weighted by Gasteiger charge is 2.31. The Labute approximate surface area is 244 Å². The van der Waals surface area contributed by atoms with Crippen LogP contribution in [0.3, 0.4) is 0 Å². The van der Waals surface area contributed by atoms with E-state index in [1.807, 2.05) is 25.7 Å². The molecule has 2 heterocycles. The second kappa shape index (κ2) is 12.8. The minimum absolute atomic E-state index is 0.0518. The zero-order valence-corrected chi connectivity index (χ0v) is 24.5. The second-order valence-corrected chi connectivity index (χ2v) is 12.8. The molecule has 1 aromatic heterocycles. The van der Waals surface area contributed by atoms with Crippen molar-refractivity contribution in [3.8, 4) is 0 Å². The van der Waals surface area contributed by atoms with Crippen molar-refractivity contribution >= 4 is 33.5 Å². The maximum Gasteiger partial charge on any atom is 0.323 e. The number of aromatic nitrogens is 2. The molecule has 224 valence electrons. The van der Waals surface area contributed by atoms with Gasteiger partial charge in [0.1, 0.15) is 6.04 Å². The predicted octanol–water partition coefficient (Wildman–Crippen LogP) is 3.16. The van der Waals surface area contributed by atoms with Gasteiger partial charge in [-0.25, -0.2) is 22.8 Å². The minimum Gasteiger partial charge on any atom is -0.480 e. The topological polar surface area (TPSA) is 154 Å². The molecule has 13 heteroatoms. The Morgan fingerprint density at radius 3 is 2.36 bits per heavy atom. The number of amides is 1. The Bertz CT molecular complexity index is 1520. The van der Waals surface area contributed by atoms with Crippen molar-refractivity contribution in [3.05, 3.63) is 77.9 Å². The van der Waals surface area contributed by atoms with Crippen molar-refractivity contribution in [1.29, 1.82) is 0 Å². The highest BCUT2D eigenvalue weighted by Crippen LogP contribution is 2.29. The molecule has 2 aromatic carbocycles. The van der Waals surface area contributed by atoms with Crippen LogP contribution in [-0.2, 0) is 20.2 Å². The molecule has 1 aliphatic rings. The van der Waals surface area contributed by atoms with Gasteiger partial charge in [-0.2, -0.15) is 4.72 Å². The van der Waals surface area contributed by atoms with Crippen molar-refractivity contribution in [2.45, 2.75) is 56.0 Å². The molecule has 0 spiro atoms. The van der Waals surface area contributed by atoms with Crippen LogP contribution in [0.5, 0.6) is 0 Å². The standard InChI is InChI=1S/C29H35FN6O5S/c1-29(2,3)21-9-4-5-11-24(21)42(40,41)35-22(27(38)39)18-33-26(37)20-8-6-10-23(25(20)30)36-16-12-19(13-17-36)34-28-31-14-7-15-32-28/h4-11,14-15,19,22,35H,12-13,16-18H2,1-3H3,(H,33,37)(H,38,39)(H,31,32,34)/t22-/m0/s1. The fourth-order valence-corrected chi connectivity index (χ4v) is 6.41. The number of carboxylic acid groups (broad SMARTS) is 1. The van der Waals surface area contributed by atoms with E-state index in [0.717, 1.165) is 0 Å². The Balaban J connectivity index is 1.41. The monoisotopic (exact) mass is 598 g/mol. The maximum absolute atomic E-state index is 15.5. The van der Waals surface area contributed by atoms with Crippen LogP contribution in [0.15, 0.2) is 65.8 Å². The molecule has 1 saturated heterocycles. The molecule has 11 nitrogen and oxygen atoms in total. The third-order valence-electron chi connectivity index (χ3n) is 7.00. The predicted molar refractivity (Wildman–Crippen MR) is 157 cm³/mol. The maximum atomic E-state index is 15.5. The van der Waals surface area contributed by atoms with Crippen LogP contribution in [0, 0.1) is 5.82 Å². The number of nitrogens with one attached hydrogen (secondary N) is 3. The number of rotatable bonds is 10. The summed E-state index contributed by atoms with van der Waals surface area (Å²) in [6.45, 7) is 6.01. The van der Waals surface area contributed by atoms with Gasteiger partial charge in [0, 0.05) is 38.1 Å². The largest absolute Gasteiger partial charge is 0.480 e. The van der Waals surface area contributed by atoms with E-state index in [0.29, 0.717) is 37.4 Å². The molecule has 1 atom stereocenters. The summed E-state index contributed by atoms with van der Waals surface area (Å²) in [5, 5.41) is 15.3. The van der Waals surface area contributed by atoms with E-state index in [9.17, 15) is 23.1 Å². The van der Waals surface area contributed by atoms with Crippen molar-refractivity contribution in [2.24, 2.45) is 0 Å². The molecule has 0 bridgehead atoms. The molecule has 42 heavy (non-hydrogen) atoms. The lowest BCUT2D eigenvalue weighted by Gasteiger charge is -2.34. The molecular formula is C29H35FN6O5S. The lowest BCUT2D eigenvalue weighted by molar-refractivity contribution is -0.138. The van der Waals surface area contributed by atoms with Gasteiger partial charge in [0.25, 0.3) is 5.91 Å². The molecule has 0 aliphatic carbocycles. The fourth-order valence-electron chi connectivity index (χ4n) is 4.80. The van der Waals surface area contributed by atoms with Gasteiger partial charge in [0.15, 0.2) is 5.82 Å². The van der Waals surface area contributed by atoms with Crippen LogP contribution in [0.2, 0.25) is 0 Å². The Hall–Kier alpha value is -4.10. The average Bonchev–Trinajstić information content (AvgIpc) is 2.95. The molecule has 0 unspecified atom stereocenters. The van der Waals surface area contributed by atoms with Gasteiger partial charge in [-0.15, -0.1) is 0 Å². The van der Waals surface area contributed by atoms with Crippen LogP contribution in [0.4, 0.5) is 16.0 Å². The molecule has 1 aliphatic heterocycles. The van der Waals surface area contributed by atoms with E-state index >= 15 is 4.39 Å². The Morgan fingerprint density at radius 2 is 1.71 bits per heavy atom. The molecule has 0 saturated carbocycles. The highest BCUT2D eigenvalue weighted by molar-refractivity contribution is 7.89. The van der Waals surface area contributed by atoms with Crippen molar-refractivity contribution < 1.29 is 27.5 Å². The average molecular weight is 599 g/mol. The van der Waals surface area contributed by atoms with Gasteiger partial charge in [-0.1, -0.05) is 45.0 Å². The molecule has 4 rings (SSSR count). The summed E-state index contributed by atoms with van der Waals surface area (Å²) < 4.78 is 44.0. The van der Waals surface area contributed by atoms with E-state index < -0.39 is 45.7 Å². The third-order valence-corrected chi connectivity index (χ3v) is 8.53. The normalized spacial score (nSPS) is 15.2. The Morgan fingerprint density at radius 1 is 1.05 bits per heavy atom. The van der Waals surface area contributed by atoms with E-state index in [1.54, 1.807) is 48.8 Å². The van der Waals surface area contributed by atoms with Gasteiger partial charge >= 0.3 is 5.97 Å². The smallest absolute Gasteiger partial charge is 0.323 e. The number of carbonyl (C=O) groups is 2. The highest BCUT2D eigenvalue weighted by atomic mass is 32.2. The first-order chi connectivity index (χ1) is 19.9. The van der Waals surface area contributed by atoms with Crippen LogP contribution in [-0.4, -0.2) is 67.1 Å². The number of carbonyl (C=O) groups excluding carboxylic acids is 1. The van der Waals surface area contributed by atoms with Crippen molar-refractivity contribution in [2.75, 3.05) is 29.9 Å². The number of hydrogen-bond donors (Lipinski definition) is 4. The number of piperidine rings is 1. The van der Waals surface area contributed by atoms with E-state index in [2.05, 4.69) is 25.3 Å². The summed E-state index contributed by atoms with van der Waals surface area (Å²) >= 11 is 0. The summed E-state index contributed by atoms with van der Waals surface area (Å²) in [6.07, 6.45) is 4.70. The van der Waals surface area contributed by atoms with Crippen molar-refractivity contribution in [3.63, 3.8) is 0 Å². The number of halogens is 1. The quantitative estimate of drug-likeness (QED) is 0.276. The van der Waals surface area contributed by atoms with Crippen molar-refractivity contribution in [1.82, 2.24) is 20.0 Å². The molecule has 0 radical (unpaired) electrons. The number of anilines is 2. The molecule has 1 amide bonds. The zero-order chi connectivity index (χ0) is 30.5.